The van der Waals surface area contributed by atoms with Crippen molar-refractivity contribution in [3.63, 3.8) is 0 Å². The van der Waals surface area contributed by atoms with E-state index in [1.807, 2.05) is 72.8 Å². The Bertz CT molecular complexity index is 1380. The summed E-state index contributed by atoms with van der Waals surface area (Å²) in [5.41, 5.74) is 6.08. The van der Waals surface area contributed by atoms with Crippen molar-refractivity contribution in [3.05, 3.63) is 133 Å². The highest BCUT2D eigenvalue weighted by Gasteiger charge is 2.18. The highest BCUT2D eigenvalue weighted by Crippen LogP contribution is 2.34. The smallest absolute Gasteiger partial charge is 0.195 e. The molecule has 6 rings (SSSR count). The van der Waals surface area contributed by atoms with Gasteiger partial charge in [0.2, 0.25) is 0 Å². The summed E-state index contributed by atoms with van der Waals surface area (Å²) in [7, 11) is 0. The Morgan fingerprint density at radius 3 is 1.05 bits per heavy atom. The van der Waals surface area contributed by atoms with E-state index in [0.29, 0.717) is 0 Å². The maximum absolute atomic E-state index is 6.30. The number of aryl methyl sites for hydroxylation is 2. The summed E-state index contributed by atoms with van der Waals surface area (Å²) in [5, 5.41) is 0. The zero-order valence-corrected chi connectivity index (χ0v) is 22.5. The van der Waals surface area contributed by atoms with E-state index >= 15 is 0 Å². The lowest BCUT2D eigenvalue weighted by Crippen LogP contribution is -1.89. The maximum Gasteiger partial charge on any atom is 0.195 e. The first-order valence-electron chi connectivity index (χ1n) is 14.1. The Morgan fingerprint density at radius 1 is 0.375 bits per heavy atom. The molecular formula is C36H32N2O2. The van der Waals surface area contributed by atoms with Crippen molar-refractivity contribution in [1.82, 2.24) is 9.97 Å². The van der Waals surface area contributed by atoms with Crippen molar-refractivity contribution in [2.24, 2.45) is 0 Å². The van der Waals surface area contributed by atoms with Gasteiger partial charge in [-0.25, -0.2) is 9.97 Å². The van der Waals surface area contributed by atoms with Crippen molar-refractivity contribution in [2.75, 3.05) is 0 Å². The van der Waals surface area contributed by atoms with E-state index in [-0.39, 0.29) is 0 Å². The molecule has 0 saturated carbocycles. The average Bonchev–Trinajstić information content (AvgIpc) is 3.66. The van der Waals surface area contributed by atoms with E-state index in [1.54, 1.807) is 0 Å². The molecule has 40 heavy (non-hydrogen) atoms. The minimum absolute atomic E-state index is 0.797. The third-order valence-corrected chi connectivity index (χ3v) is 7.04. The summed E-state index contributed by atoms with van der Waals surface area (Å²) in [6, 6.07) is 41.0. The van der Waals surface area contributed by atoms with Crippen LogP contribution in [0.15, 0.2) is 130 Å². The van der Waals surface area contributed by atoms with E-state index in [9.17, 15) is 0 Å². The van der Waals surface area contributed by atoms with Crippen molar-refractivity contribution in [3.8, 4) is 45.2 Å². The van der Waals surface area contributed by atoms with Gasteiger partial charge in [-0.05, 0) is 12.8 Å². The lowest BCUT2D eigenvalue weighted by molar-refractivity contribution is 0.475. The minimum atomic E-state index is 0.797. The molecule has 0 amide bonds. The zero-order chi connectivity index (χ0) is 27.0. The molecule has 0 atom stereocenters. The molecule has 0 aliphatic rings. The molecule has 198 valence electrons. The normalized spacial score (nSPS) is 11.1. The van der Waals surface area contributed by atoms with Crippen LogP contribution < -0.4 is 0 Å². The number of unbranched alkanes of at least 4 members (excludes halogenated alkanes) is 3. The second-order valence-electron chi connectivity index (χ2n) is 9.95. The van der Waals surface area contributed by atoms with Crippen LogP contribution in [0.3, 0.4) is 0 Å². The summed E-state index contributed by atoms with van der Waals surface area (Å²) in [6.07, 6.45) is 5.89. The lowest BCUT2D eigenvalue weighted by atomic mass is 10.1. The molecule has 2 aromatic heterocycles. The lowest BCUT2D eigenvalue weighted by Gasteiger charge is -2.01. The van der Waals surface area contributed by atoms with E-state index in [2.05, 4.69) is 48.5 Å². The van der Waals surface area contributed by atoms with E-state index in [0.717, 1.165) is 95.5 Å². The predicted octanol–water partition coefficient (Wildman–Crippen LogP) is 9.68. The molecule has 0 fully saturated rings. The van der Waals surface area contributed by atoms with Crippen LogP contribution in [0.25, 0.3) is 45.2 Å². The van der Waals surface area contributed by atoms with Crippen LogP contribution in [-0.4, -0.2) is 9.97 Å². The second-order valence-corrected chi connectivity index (χ2v) is 9.95. The highest BCUT2D eigenvalue weighted by molar-refractivity contribution is 5.77. The molecule has 0 aliphatic heterocycles. The van der Waals surface area contributed by atoms with E-state index < -0.39 is 0 Å². The van der Waals surface area contributed by atoms with Gasteiger partial charge in [0.05, 0.1) is 0 Å². The molecule has 0 radical (unpaired) electrons. The third-order valence-electron chi connectivity index (χ3n) is 7.04. The molecule has 0 spiro atoms. The van der Waals surface area contributed by atoms with E-state index in [4.69, 9.17) is 18.8 Å². The maximum atomic E-state index is 6.30. The molecule has 0 unspecified atom stereocenters. The first-order valence-corrected chi connectivity index (χ1v) is 14.1. The Labute approximate surface area is 235 Å². The van der Waals surface area contributed by atoms with Gasteiger partial charge in [-0.2, -0.15) is 0 Å². The summed E-state index contributed by atoms with van der Waals surface area (Å²) in [5.74, 6) is 3.28. The fourth-order valence-electron chi connectivity index (χ4n) is 5.00. The van der Waals surface area contributed by atoms with Gasteiger partial charge in [0.25, 0.3) is 0 Å². The molecule has 4 heteroatoms. The van der Waals surface area contributed by atoms with E-state index in [1.165, 1.54) is 0 Å². The number of hydrogen-bond donors (Lipinski definition) is 0. The SMILES string of the molecule is c1ccc(-c2nc(CCCCCCc3nc(-c4ccccc4)c(-c4ccccc4)o3)oc2-c2ccccc2)cc1. The quantitative estimate of drug-likeness (QED) is 0.158. The van der Waals surface area contributed by atoms with Gasteiger partial charge in [-0.3, -0.25) is 0 Å². The first kappa shape index (κ1) is 25.6. The fraction of sp³-hybridized carbons (Fsp3) is 0.167. The van der Waals surface area contributed by atoms with Gasteiger partial charge >= 0.3 is 0 Å². The molecule has 6 aromatic rings. The predicted molar refractivity (Wildman–Crippen MR) is 161 cm³/mol. The summed E-state index contributed by atoms with van der Waals surface area (Å²) in [6.45, 7) is 0. The Kier molecular flexibility index (Phi) is 7.95. The standard InChI is InChI=1S/C36H32N2O2/c1(15-25-31-37-33(27-17-7-3-8-18-27)35(39-31)29-21-11-5-12-22-29)2-16-26-32-38-34(28-19-9-4-10-20-28)36(40-32)30-23-13-6-14-24-30/h3-14,17-24H,1-2,15-16,25-26H2. The third kappa shape index (κ3) is 5.97. The van der Waals surface area contributed by atoms with Gasteiger partial charge < -0.3 is 8.83 Å². The number of rotatable bonds is 11. The molecule has 0 aliphatic carbocycles. The van der Waals surface area contributed by atoms with Crippen molar-refractivity contribution in [1.29, 1.82) is 0 Å². The first-order chi connectivity index (χ1) is 19.8. The molecule has 4 nitrogen and oxygen atoms in total. The summed E-state index contributed by atoms with van der Waals surface area (Å²) < 4.78 is 12.6. The van der Waals surface area contributed by atoms with Gasteiger partial charge in [-0.1, -0.05) is 134 Å². The number of hydrogen-bond acceptors (Lipinski definition) is 4. The van der Waals surface area contributed by atoms with Crippen LogP contribution in [0.1, 0.15) is 37.5 Å². The van der Waals surface area contributed by atoms with Gasteiger partial charge in [0, 0.05) is 35.1 Å². The number of benzene rings is 4. The van der Waals surface area contributed by atoms with Crippen LogP contribution >= 0.6 is 0 Å². The molecule has 2 heterocycles. The Morgan fingerprint density at radius 2 is 0.700 bits per heavy atom. The molecule has 0 bridgehead atoms. The molecular weight excluding hydrogens is 492 g/mol. The Hall–Kier alpha value is -4.70. The van der Waals surface area contributed by atoms with Crippen LogP contribution in [-0.2, 0) is 12.8 Å². The number of nitrogens with zero attached hydrogens (tertiary/aromatic N) is 2. The largest absolute Gasteiger partial charge is 0.440 e. The molecule has 0 saturated heterocycles. The van der Waals surface area contributed by atoms with Gasteiger partial charge in [-0.15, -0.1) is 0 Å². The second kappa shape index (κ2) is 12.4. The van der Waals surface area contributed by atoms with Crippen molar-refractivity contribution in [2.45, 2.75) is 38.5 Å². The van der Waals surface area contributed by atoms with Crippen LogP contribution in [0.2, 0.25) is 0 Å². The summed E-state index contributed by atoms with van der Waals surface area (Å²) in [4.78, 5) is 9.80. The monoisotopic (exact) mass is 524 g/mol. The molecule has 4 aromatic carbocycles. The zero-order valence-electron chi connectivity index (χ0n) is 22.5. The Balaban J connectivity index is 1.07. The van der Waals surface area contributed by atoms with Gasteiger partial charge in [0.15, 0.2) is 23.3 Å². The van der Waals surface area contributed by atoms with Crippen LogP contribution in [0.4, 0.5) is 0 Å². The topological polar surface area (TPSA) is 52.1 Å². The average molecular weight is 525 g/mol. The van der Waals surface area contributed by atoms with Crippen molar-refractivity contribution < 1.29 is 8.83 Å². The number of oxazole rings is 2. The van der Waals surface area contributed by atoms with Crippen LogP contribution in [0.5, 0.6) is 0 Å². The number of aromatic nitrogens is 2. The summed E-state index contributed by atoms with van der Waals surface area (Å²) >= 11 is 0. The highest BCUT2D eigenvalue weighted by atomic mass is 16.4. The van der Waals surface area contributed by atoms with Crippen molar-refractivity contribution >= 4 is 0 Å². The van der Waals surface area contributed by atoms with Gasteiger partial charge in [0.1, 0.15) is 11.4 Å². The van der Waals surface area contributed by atoms with Crippen LogP contribution in [0, 0.1) is 0 Å². The molecule has 0 N–H and O–H groups in total. The fourth-order valence-corrected chi connectivity index (χ4v) is 5.00. The minimum Gasteiger partial charge on any atom is -0.440 e.